The Morgan fingerprint density at radius 3 is 0.429 bits per heavy atom. The van der Waals surface area contributed by atoms with Gasteiger partial charge >= 0.3 is 39.6 Å². The Bertz CT molecular complexity index is 8.04. The summed E-state index contributed by atoms with van der Waals surface area (Å²) >= 11 is 0. The quantitative estimate of drug-likeness (QED) is 0.308. The van der Waals surface area contributed by atoms with Gasteiger partial charge in [-0.05, 0) is 0 Å². The molecule has 7 heavy (non-hydrogen) atoms. The van der Waals surface area contributed by atoms with Crippen LogP contribution in [0.3, 0.4) is 0 Å². The van der Waals surface area contributed by atoms with Crippen molar-refractivity contribution in [3.05, 3.63) is 0 Å². The topological polar surface area (TPSA) is 0 Å². The van der Waals surface area contributed by atoms with Crippen LogP contribution < -0.4 is 62.0 Å². The van der Waals surface area contributed by atoms with E-state index in [0.29, 0.717) is 0 Å². The van der Waals surface area contributed by atoms with Crippen LogP contribution in [-0.2, 0) is 39.6 Å². The molecule has 0 aromatic carbocycles. The molecule has 0 N–H and O–H groups in total. The molecule has 0 atom stereocenters. The molecule has 7 heteroatoms. The van der Waals surface area contributed by atoms with Crippen LogP contribution in [0.4, 0.5) is 0 Å². The first-order valence-electron chi connectivity index (χ1n) is 0. The van der Waals surface area contributed by atoms with Gasteiger partial charge in [0.05, 0.1) is 0 Å². The minimum absolute atomic E-state index is 0. The Morgan fingerprint density at radius 2 is 0.429 bits per heavy atom. The molecule has 0 aliphatic rings. The third-order valence-corrected chi connectivity index (χ3v) is 0. The van der Waals surface area contributed by atoms with Crippen LogP contribution in [-0.4, -0.2) is 0 Å². The first-order chi connectivity index (χ1) is 0. The van der Waals surface area contributed by atoms with E-state index in [9.17, 15) is 0 Å². The molecule has 1 radical (unpaired) electrons. The first-order valence-corrected chi connectivity index (χ1v) is 0. The van der Waals surface area contributed by atoms with Gasteiger partial charge < -0.3 is 62.0 Å². The zero-order valence-electron chi connectivity index (χ0n) is 2.56. The summed E-state index contributed by atoms with van der Waals surface area (Å²) in [6.45, 7) is 0. The van der Waals surface area contributed by atoms with Crippen LogP contribution in [0.1, 0.15) is 0 Å². The fourth-order valence-electron chi connectivity index (χ4n) is 0. The maximum atomic E-state index is 0. The zero-order valence-corrected chi connectivity index (χ0v) is 10.4. The monoisotopic (exact) mass is 471 g/mol. The molecule has 0 aliphatic heterocycles. The zero-order chi connectivity index (χ0) is 0. The Hall–Kier alpha value is 2.72. The van der Waals surface area contributed by atoms with Gasteiger partial charge in [0, 0.05) is 0 Å². The predicted molar refractivity (Wildman–Crippen MR) is 0 cm³/mol. The molecule has 0 spiro atoms. The average molecular weight is 472 g/mol. The van der Waals surface area contributed by atoms with Gasteiger partial charge in [-0.3, -0.25) is 0 Å². The van der Waals surface area contributed by atoms with E-state index in [1.54, 1.807) is 0 Å². The summed E-state index contributed by atoms with van der Waals surface area (Å²) in [5, 5.41) is 0. The van der Waals surface area contributed by atoms with E-state index in [-0.39, 0.29) is 102 Å². The smallest absolute Gasteiger partial charge is 1.00 e. The van der Waals surface area contributed by atoms with Crippen molar-refractivity contribution in [3.8, 4) is 0 Å². The van der Waals surface area contributed by atoms with Gasteiger partial charge in [0.1, 0.15) is 0 Å². The van der Waals surface area contributed by atoms with Gasteiger partial charge in [0.2, 0.25) is 0 Å². The number of hydrogen-bond acceptors (Lipinski definition) is 0. The Balaban J connectivity index is 0. The van der Waals surface area contributed by atoms with E-state index in [1.807, 2.05) is 0 Å². The summed E-state index contributed by atoms with van der Waals surface area (Å²) in [6, 6.07) is 0. The number of halogens is 5. The van der Waals surface area contributed by atoms with Crippen molar-refractivity contribution in [3.63, 3.8) is 0 Å². The number of rotatable bonds is 0. The summed E-state index contributed by atoms with van der Waals surface area (Å²) in [5.74, 6) is 0. The third-order valence-electron chi connectivity index (χ3n) is 0. The normalized spacial score (nSPS) is 0. The van der Waals surface area contributed by atoms with Gasteiger partial charge in [0.15, 0.2) is 0 Å². The van der Waals surface area contributed by atoms with Crippen molar-refractivity contribution in [2.45, 2.75) is 0 Å². The fourth-order valence-corrected chi connectivity index (χ4v) is 0. The van der Waals surface area contributed by atoms with E-state index < -0.39 is 0 Å². The molecule has 0 amide bonds. The molecule has 0 saturated heterocycles. The SMILES string of the molecule is [Cl-].[Cl-].[Cl-].[Cl-].[Cl-].[Ir+3].[Rh+2]. The van der Waals surface area contributed by atoms with Crippen LogP contribution >= 0.6 is 0 Å². The summed E-state index contributed by atoms with van der Waals surface area (Å²) in [4.78, 5) is 0. The van der Waals surface area contributed by atoms with Gasteiger partial charge in [-0.1, -0.05) is 0 Å². The Kier molecular flexibility index (Phi) is 1000. The molecular weight excluding hydrogens is 472 g/mol. The van der Waals surface area contributed by atoms with Crippen molar-refractivity contribution < 1.29 is 102 Å². The van der Waals surface area contributed by atoms with E-state index in [4.69, 9.17) is 0 Å². The van der Waals surface area contributed by atoms with Gasteiger partial charge in [-0.2, -0.15) is 0 Å². The van der Waals surface area contributed by atoms with Crippen molar-refractivity contribution in [2.24, 2.45) is 0 Å². The Morgan fingerprint density at radius 1 is 0.429 bits per heavy atom. The van der Waals surface area contributed by atoms with Gasteiger partial charge in [0.25, 0.3) is 0 Å². The molecular formula is Cl5IrRh. The van der Waals surface area contributed by atoms with Crippen LogP contribution in [0.15, 0.2) is 0 Å². The second-order valence-electron chi connectivity index (χ2n) is 0. The summed E-state index contributed by atoms with van der Waals surface area (Å²) in [7, 11) is 0. The molecule has 0 nitrogen and oxygen atoms in total. The summed E-state index contributed by atoms with van der Waals surface area (Å²) < 4.78 is 0. The van der Waals surface area contributed by atoms with Crippen LogP contribution in [0.5, 0.6) is 0 Å². The van der Waals surface area contributed by atoms with Crippen molar-refractivity contribution in [1.82, 2.24) is 0 Å². The maximum absolute atomic E-state index is 0. The van der Waals surface area contributed by atoms with Gasteiger partial charge in [-0.15, -0.1) is 0 Å². The second kappa shape index (κ2) is 70.2. The second-order valence-corrected chi connectivity index (χ2v) is 0. The Labute approximate surface area is 100 Å². The molecule has 0 heterocycles. The van der Waals surface area contributed by atoms with Crippen LogP contribution in [0.2, 0.25) is 0 Å². The molecule has 0 aliphatic carbocycles. The summed E-state index contributed by atoms with van der Waals surface area (Å²) in [6.07, 6.45) is 0. The molecule has 0 unspecified atom stereocenters. The van der Waals surface area contributed by atoms with Crippen molar-refractivity contribution in [2.75, 3.05) is 0 Å². The van der Waals surface area contributed by atoms with Crippen LogP contribution in [0.25, 0.3) is 0 Å². The molecule has 53 valence electrons. The molecule has 0 saturated carbocycles. The third kappa shape index (κ3) is 53.2. The van der Waals surface area contributed by atoms with Crippen molar-refractivity contribution >= 4 is 0 Å². The fraction of sp³-hybridized carbons (Fsp3) is 0. The van der Waals surface area contributed by atoms with E-state index in [2.05, 4.69) is 0 Å². The molecule has 0 bridgehead atoms. The van der Waals surface area contributed by atoms with Crippen molar-refractivity contribution in [1.29, 1.82) is 0 Å². The minimum atomic E-state index is 0. The molecule has 0 aromatic heterocycles. The molecule has 0 aromatic rings. The minimum Gasteiger partial charge on any atom is -1.00 e. The number of hydrogen-bond donors (Lipinski definition) is 0. The van der Waals surface area contributed by atoms with E-state index >= 15 is 0 Å². The molecule has 0 fully saturated rings. The van der Waals surface area contributed by atoms with E-state index in [1.165, 1.54) is 0 Å². The largest absolute Gasteiger partial charge is 3.00 e. The van der Waals surface area contributed by atoms with Gasteiger partial charge in [-0.25, -0.2) is 0 Å². The first kappa shape index (κ1) is 99.8. The maximum Gasteiger partial charge on any atom is 3.00 e. The van der Waals surface area contributed by atoms with E-state index in [0.717, 1.165) is 0 Å². The standard InChI is InChI=1S/5ClH.Ir.Rh/h5*1H;;/q;;;;;+3;+2/p-5. The average Bonchev–Trinajstić information content (AvgIpc) is 0. The van der Waals surface area contributed by atoms with Crippen LogP contribution in [0, 0.1) is 0 Å². The summed E-state index contributed by atoms with van der Waals surface area (Å²) in [5.41, 5.74) is 0. The molecule has 0 rings (SSSR count). The predicted octanol–water partition coefficient (Wildman–Crippen LogP) is -15.0.